The van der Waals surface area contributed by atoms with Crippen LogP contribution in [0.15, 0.2) is 60.2 Å². The van der Waals surface area contributed by atoms with Gasteiger partial charge in [0, 0.05) is 0 Å². The van der Waals surface area contributed by atoms with Gasteiger partial charge in [-0.25, -0.2) is 0 Å². The number of benzene rings is 1. The second kappa shape index (κ2) is 17.9. The zero-order valence-electron chi connectivity index (χ0n) is 20.4. The minimum absolute atomic E-state index is 0.000227. The maximum atomic E-state index is 10.9. The molecule has 1 aliphatic rings. The second-order valence-corrected chi connectivity index (χ2v) is 7.11. The van der Waals surface area contributed by atoms with Gasteiger partial charge in [0.25, 0.3) is 0 Å². The number of aliphatic carboxylic acids is 1. The summed E-state index contributed by atoms with van der Waals surface area (Å²) in [4.78, 5) is 10.9. The van der Waals surface area contributed by atoms with Gasteiger partial charge < -0.3 is 14.9 Å². The standard InChI is InChI=1S/C18H20O3.C8H14O.C2H6/c1-4-7-16(12-18(19)20)15-8-10-17(11-9-15)21-13-14(5-2)6-3;1-2-7-3-5-8(9)6-4-7;1-2/h5-6,8-11,16H,2,12-13H2,1,3H3,(H,19,20);3,8-9H,2,4-6H2,1H3;1-2H3/b14-6+;;. The molecule has 0 fully saturated rings. The Hall–Kier alpha value is -2.77. The third-order valence-corrected chi connectivity index (χ3v) is 4.95. The number of allylic oxidation sites excluding steroid dienone is 2. The lowest BCUT2D eigenvalue weighted by atomic mass is 9.96. The number of hydrogen-bond acceptors (Lipinski definition) is 3. The van der Waals surface area contributed by atoms with Crippen LogP contribution in [-0.2, 0) is 4.79 Å². The van der Waals surface area contributed by atoms with Crippen molar-refractivity contribution in [3.8, 4) is 17.6 Å². The average molecular weight is 441 g/mol. The van der Waals surface area contributed by atoms with Gasteiger partial charge in [0.05, 0.1) is 18.4 Å². The van der Waals surface area contributed by atoms with Crippen molar-refractivity contribution in [1.29, 1.82) is 0 Å². The predicted molar refractivity (Wildman–Crippen MR) is 134 cm³/mol. The third kappa shape index (κ3) is 12.2. The highest BCUT2D eigenvalue weighted by molar-refractivity contribution is 5.69. The maximum absolute atomic E-state index is 10.9. The molecule has 2 unspecified atom stereocenters. The highest BCUT2D eigenvalue weighted by Gasteiger charge is 2.13. The summed E-state index contributed by atoms with van der Waals surface area (Å²) in [6.45, 7) is 14.0. The van der Waals surface area contributed by atoms with Crippen LogP contribution in [0.1, 0.15) is 78.2 Å². The lowest BCUT2D eigenvalue weighted by Gasteiger charge is -2.15. The molecule has 2 atom stereocenters. The van der Waals surface area contributed by atoms with Crippen molar-refractivity contribution < 1.29 is 19.7 Å². The molecular weight excluding hydrogens is 400 g/mol. The van der Waals surface area contributed by atoms with Crippen LogP contribution in [0, 0.1) is 11.8 Å². The van der Waals surface area contributed by atoms with Crippen molar-refractivity contribution in [2.75, 3.05) is 6.61 Å². The molecule has 32 heavy (non-hydrogen) atoms. The van der Waals surface area contributed by atoms with Crippen LogP contribution in [0.2, 0.25) is 0 Å². The number of carboxylic acids is 1. The van der Waals surface area contributed by atoms with Crippen molar-refractivity contribution in [2.24, 2.45) is 0 Å². The Morgan fingerprint density at radius 3 is 2.41 bits per heavy atom. The fraction of sp³-hybridized carbons (Fsp3) is 0.464. The molecule has 0 bridgehead atoms. The number of ether oxygens (including phenoxy) is 1. The van der Waals surface area contributed by atoms with Crippen molar-refractivity contribution in [2.45, 2.75) is 78.7 Å². The average Bonchev–Trinajstić information content (AvgIpc) is 2.82. The zero-order chi connectivity index (χ0) is 24.4. The molecule has 0 aliphatic heterocycles. The minimum Gasteiger partial charge on any atom is -0.489 e. The van der Waals surface area contributed by atoms with Gasteiger partial charge in [0.15, 0.2) is 0 Å². The Labute approximate surface area is 194 Å². The van der Waals surface area contributed by atoms with Crippen molar-refractivity contribution in [3.05, 3.63) is 65.8 Å². The fourth-order valence-electron chi connectivity index (χ4n) is 3.02. The summed E-state index contributed by atoms with van der Waals surface area (Å²) < 4.78 is 5.63. The van der Waals surface area contributed by atoms with Gasteiger partial charge in [0.2, 0.25) is 0 Å². The SMILES string of the molecule is C=C/C(=C\C)COc1ccc(C(C#CC)CC(=O)O)cc1.CC.CCC1=CCC(O)CC1. The normalized spacial score (nSPS) is 15.9. The Morgan fingerprint density at radius 1 is 1.31 bits per heavy atom. The lowest BCUT2D eigenvalue weighted by Crippen LogP contribution is -2.09. The molecule has 4 nitrogen and oxygen atoms in total. The minimum atomic E-state index is -0.855. The fourth-order valence-corrected chi connectivity index (χ4v) is 3.02. The smallest absolute Gasteiger partial charge is 0.304 e. The number of carbonyl (C=O) groups is 1. The summed E-state index contributed by atoms with van der Waals surface area (Å²) in [6, 6.07) is 7.38. The molecule has 0 saturated carbocycles. The highest BCUT2D eigenvalue weighted by atomic mass is 16.5. The third-order valence-electron chi connectivity index (χ3n) is 4.95. The molecule has 2 N–H and O–H groups in total. The first-order valence-corrected chi connectivity index (χ1v) is 11.4. The Morgan fingerprint density at radius 2 is 1.97 bits per heavy atom. The van der Waals surface area contributed by atoms with Crippen LogP contribution in [0.3, 0.4) is 0 Å². The van der Waals surface area contributed by atoms with E-state index in [4.69, 9.17) is 14.9 Å². The molecule has 1 aliphatic carbocycles. The first kappa shape index (κ1) is 29.2. The summed E-state index contributed by atoms with van der Waals surface area (Å²) in [7, 11) is 0. The van der Waals surface area contributed by atoms with Crippen molar-refractivity contribution in [3.63, 3.8) is 0 Å². The molecule has 2 rings (SSSR count). The summed E-state index contributed by atoms with van der Waals surface area (Å²) in [5, 5.41) is 18.0. The van der Waals surface area contributed by atoms with E-state index in [1.54, 1.807) is 13.0 Å². The second-order valence-electron chi connectivity index (χ2n) is 7.11. The monoisotopic (exact) mass is 440 g/mol. The van der Waals surface area contributed by atoms with E-state index < -0.39 is 5.97 Å². The van der Waals surface area contributed by atoms with Gasteiger partial charge in [-0.3, -0.25) is 4.79 Å². The molecule has 0 saturated heterocycles. The molecule has 176 valence electrons. The van der Waals surface area contributed by atoms with Gasteiger partial charge in [-0.2, -0.15) is 0 Å². The van der Waals surface area contributed by atoms with Gasteiger partial charge in [0.1, 0.15) is 12.4 Å². The van der Waals surface area contributed by atoms with Crippen LogP contribution < -0.4 is 4.74 Å². The van der Waals surface area contributed by atoms with E-state index in [2.05, 4.69) is 31.4 Å². The summed E-state index contributed by atoms with van der Waals surface area (Å²) >= 11 is 0. The molecule has 0 heterocycles. The molecule has 4 heteroatoms. The van der Waals surface area contributed by atoms with Crippen LogP contribution in [0.5, 0.6) is 5.75 Å². The van der Waals surface area contributed by atoms with Crippen LogP contribution in [0.4, 0.5) is 0 Å². The Bertz CT molecular complexity index is 791. The molecule has 0 amide bonds. The maximum Gasteiger partial charge on any atom is 0.304 e. The molecular formula is C28H40O4. The molecule has 1 aromatic rings. The first-order valence-electron chi connectivity index (χ1n) is 11.4. The van der Waals surface area contributed by atoms with E-state index in [-0.39, 0.29) is 18.4 Å². The van der Waals surface area contributed by atoms with Crippen molar-refractivity contribution in [1.82, 2.24) is 0 Å². The molecule has 1 aromatic carbocycles. The molecule has 0 spiro atoms. The molecule has 0 aromatic heterocycles. The van der Waals surface area contributed by atoms with Crippen LogP contribution >= 0.6 is 0 Å². The van der Waals surface area contributed by atoms with Gasteiger partial charge in [-0.05, 0) is 62.8 Å². The summed E-state index contributed by atoms with van der Waals surface area (Å²) in [5.74, 6) is 5.29. The summed E-state index contributed by atoms with van der Waals surface area (Å²) in [6.07, 6.45) is 9.94. The van der Waals surface area contributed by atoms with Gasteiger partial charge in [-0.1, -0.05) is 69.2 Å². The zero-order valence-corrected chi connectivity index (χ0v) is 20.4. The summed E-state index contributed by atoms with van der Waals surface area (Å²) in [5.41, 5.74) is 3.41. The van der Waals surface area contributed by atoms with Crippen LogP contribution in [-0.4, -0.2) is 28.9 Å². The van der Waals surface area contributed by atoms with E-state index in [9.17, 15) is 4.79 Å². The van der Waals surface area contributed by atoms with Gasteiger partial charge >= 0.3 is 5.97 Å². The largest absolute Gasteiger partial charge is 0.489 e. The van der Waals surface area contributed by atoms with Crippen LogP contribution in [0.25, 0.3) is 0 Å². The number of hydrogen-bond donors (Lipinski definition) is 2. The van der Waals surface area contributed by atoms with E-state index >= 15 is 0 Å². The van der Waals surface area contributed by atoms with E-state index in [1.165, 1.54) is 5.57 Å². The van der Waals surface area contributed by atoms with Crippen molar-refractivity contribution >= 4 is 5.97 Å². The topological polar surface area (TPSA) is 66.8 Å². The number of rotatable bonds is 8. The number of aliphatic hydroxyl groups excluding tert-OH is 1. The predicted octanol–water partition coefficient (Wildman–Crippen LogP) is 6.67. The Balaban J connectivity index is 0.000000723. The molecule has 0 radical (unpaired) electrons. The van der Waals surface area contributed by atoms with E-state index in [1.807, 2.05) is 51.1 Å². The highest BCUT2D eigenvalue weighted by Crippen LogP contribution is 2.22. The first-order chi connectivity index (χ1) is 15.4. The van der Waals surface area contributed by atoms with E-state index in [0.29, 0.717) is 6.61 Å². The Kier molecular flexibility index (Phi) is 16.3. The number of carboxylic acid groups (broad SMARTS) is 1. The number of aliphatic hydroxyl groups is 1. The van der Waals surface area contributed by atoms with E-state index in [0.717, 1.165) is 42.6 Å². The quantitative estimate of drug-likeness (QED) is 0.269. The lowest BCUT2D eigenvalue weighted by molar-refractivity contribution is -0.137. The van der Waals surface area contributed by atoms with Gasteiger partial charge in [-0.15, -0.1) is 5.92 Å².